The summed E-state index contributed by atoms with van der Waals surface area (Å²) >= 11 is 0. The van der Waals surface area contributed by atoms with Crippen molar-refractivity contribution in [3.8, 4) is 0 Å². The molecule has 0 amide bonds. The number of hydrogen-bond donors (Lipinski definition) is 1. The molecule has 1 aliphatic heterocycles. The molecule has 0 aromatic rings. The van der Waals surface area contributed by atoms with Gasteiger partial charge in [0, 0.05) is 6.04 Å². The van der Waals surface area contributed by atoms with Crippen molar-refractivity contribution in [3.63, 3.8) is 0 Å². The van der Waals surface area contributed by atoms with E-state index in [0.29, 0.717) is 0 Å². The van der Waals surface area contributed by atoms with Gasteiger partial charge in [0.15, 0.2) is 0 Å². The van der Waals surface area contributed by atoms with Gasteiger partial charge in [-0.1, -0.05) is 6.92 Å². The van der Waals surface area contributed by atoms with E-state index in [2.05, 4.69) is 24.1 Å². The van der Waals surface area contributed by atoms with Gasteiger partial charge in [0.25, 0.3) is 0 Å². The van der Waals surface area contributed by atoms with E-state index >= 15 is 0 Å². The molecule has 0 bridgehead atoms. The Bertz CT molecular complexity index is 125. The second-order valence-corrected chi connectivity index (χ2v) is 4.09. The van der Waals surface area contributed by atoms with Crippen LogP contribution in [0.3, 0.4) is 0 Å². The third-order valence-electron chi connectivity index (χ3n) is 2.99. The largest absolute Gasteiger partial charge is 0.317 e. The summed E-state index contributed by atoms with van der Waals surface area (Å²) in [5.74, 6) is 0. The molecule has 0 aromatic heterocycles. The number of likely N-dealkylation sites (tertiary alicyclic amines) is 1. The summed E-state index contributed by atoms with van der Waals surface area (Å²) in [6.07, 6.45) is 5.51. The molecule has 0 aliphatic carbocycles. The highest BCUT2D eigenvalue weighted by Crippen LogP contribution is 2.16. The lowest BCUT2D eigenvalue weighted by Gasteiger charge is -2.20. The van der Waals surface area contributed by atoms with Crippen LogP contribution in [0, 0.1) is 0 Å². The van der Waals surface area contributed by atoms with Crippen LogP contribution in [0.2, 0.25) is 0 Å². The SMILES string of the molecule is CCNCCCCN1CCCC1C. The van der Waals surface area contributed by atoms with Crippen molar-refractivity contribution >= 4 is 0 Å². The van der Waals surface area contributed by atoms with Crippen molar-refractivity contribution in [2.45, 2.75) is 45.6 Å². The second-order valence-electron chi connectivity index (χ2n) is 4.09. The van der Waals surface area contributed by atoms with Crippen LogP contribution in [0.1, 0.15) is 39.5 Å². The third kappa shape index (κ3) is 4.10. The van der Waals surface area contributed by atoms with Crippen LogP contribution in [-0.2, 0) is 0 Å². The first-order valence-electron chi connectivity index (χ1n) is 5.79. The summed E-state index contributed by atoms with van der Waals surface area (Å²) in [6, 6.07) is 0.846. The van der Waals surface area contributed by atoms with E-state index in [1.807, 2.05) is 0 Å². The van der Waals surface area contributed by atoms with Gasteiger partial charge in [0.1, 0.15) is 0 Å². The van der Waals surface area contributed by atoms with Gasteiger partial charge in [-0.25, -0.2) is 0 Å². The molecule has 1 unspecified atom stereocenters. The molecule has 1 fully saturated rings. The molecule has 1 saturated heterocycles. The maximum absolute atomic E-state index is 3.37. The Labute approximate surface area is 82.7 Å². The number of hydrogen-bond acceptors (Lipinski definition) is 2. The van der Waals surface area contributed by atoms with Gasteiger partial charge in [-0.15, -0.1) is 0 Å². The van der Waals surface area contributed by atoms with Gasteiger partial charge < -0.3 is 10.2 Å². The Morgan fingerprint density at radius 1 is 1.38 bits per heavy atom. The first-order chi connectivity index (χ1) is 6.34. The summed E-state index contributed by atoms with van der Waals surface area (Å²) in [4.78, 5) is 2.63. The van der Waals surface area contributed by atoms with E-state index in [9.17, 15) is 0 Å². The summed E-state index contributed by atoms with van der Waals surface area (Å²) in [7, 11) is 0. The molecular formula is C11H24N2. The molecule has 1 N–H and O–H groups in total. The van der Waals surface area contributed by atoms with Crippen molar-refractivity contribution in [2.75, 3.05) is 26.2 Å². The molecule has 1 aliphatic rings. The third-order valence-corrected chi connectivity index (χ3v) is 2.99. The normalized spacial score (nSPS) is 24.0. The average molecular weight is 184 g/mol. The summed E-state index contributed by atoms with van der Waals surface area (Å²) in [5.41, 5.74) is 0. The Hall–Kier alpha value is -0.0800. The van der Waals surface area contributed by atoms with Crippen molar-refractivity contribution in [3.05, 3.63) is 0 Å². The molecule has 0 radical (unpaired) electrons. The fourth-order valence-electron chi connectivity index (χ4n) is 2.07. The van der Waals surface area contributed by atoms with E-state index in [1.165, 1.54) is 45.3 Å². The smallest absolute Gasteiger partial charge is 0.00674 e. The minimum atomic E-state index is 0.846. The van der Waals surface area contributed by atoms with Crippen LogP contribution in [0.25, 0.3) is 0 Å². The van der Waals surface area contributed by atoms with Crippen LogP contribution in [0.15, 0.2) is 0 Å². The van der Waals surface area contributed by atoms with Gasteiger partial charge in [-0.05, 0) is 58.8 Å². The van der Waals surface area contributed by atoms with Crippen molar-refractivity contribution in [2.24, 2.45) is 0 Å². The zero-order chi connectivity index (χ0) is 9.52. The van der Waals surface area contributed by atoms with Crippen LogP contribution in [-0.4, -0.2) is 37.1 Å². The Morgan fingerprint density at radius 3 is 2.85 bits per heavy atom. The van der Waals surface area contributed by atoms with Crippen molar-refractivity contribution in [1.29, 1.82) is 0 Å². The monoisotopic (exact) mass is 184 g/mol. The molecule has 1 rings (SSSR count). The molecule has 0 aromatic carbocycles. The lowest BCUT2D eigenvalue weighted by Crippen LogP contribution is -2.28. The number of nitrogens with one attached hydrogen (secondary N) is 1. The molecule has 0 saturated carbocycles. The summed E-state index contributed by atoms with van der Waals surface area (Å²) in [5, 5.41) is 3.37. The quantitative estimate of drug-likeness (QED) is 0.634. The van der Waals surface area contributed by atoms with Crippen LogP contribution in [0.5, 0.6) is 0 Å². The molecule has 1 heterocycles. The van der Waals surface area contributed by atoms with Crippen LogP contribution < -0.4 is 5.32 Å². The standard InChI is InChI=1S/C11H24N2/c1-3-12-8-4-5-9-13-10-6-7-11(13)2/h11-12H,3-10H2,1-2H3. The first kappa shape index (κ1) is 11.0. The predicted octanol–water partition coefficient (Wildman–Crippen LogP) is 1.86. The van der Waals surface area contributed by atoms with E-state index in [0.717, 1.165) is 12.6 Å². The minimum Gasteiger partial charge on any atom is -0.317 e. The van der Waals surface area contributed by atoms with Gasteiger partial charge >= 0.3 is 0 Å². The molecule has 2 nitrogen and oxygen atoms in total. The molecule has 78 valence electrons. The van der Waals surface area contributed by atoms with Crippen molar-refractivity contribution < 1.29 is 0 Å². The maximum atomic E-state index is 3.37. The topological polar surface area (TPSA) is 15.3 Å². The lowest BCUT2D eigenvalue weighted by molar-refractivity contribution is 0.263. The number of rotatable bonds is 6. The Kier molecular flexibility index (Phi) is 5.40. The van der Waals surface area contributed by atoms with Gasteiger partial charge in [-0.2, -0.15) is 0 Å². The molecule has 1 atom stereocenters. The molecule has 2 heteroatoms. The first-order valence-corrected chi connectivity index (χ1v) is 5.79. The highest BCUT2D eigenvalue weighted by molar-refractivity contribution is 4.74. The van der Waals surface area contributed by atoms with Crippen molar-refractivity contribution in [1.82, 2.24) is 10.2 Å². The van der Waals surface area contributed by atoms with Gasteiger partial charge in [-0.3, -0.25) is 0 Å². The zero-order valence-electron chi connectivity index (χ0n) is 9.18. The van der Waals surface area contributed by atoms with E-state index < -0.39 is 0 Å². The van der Waals surface area contributed by atoms with Crippen LogP contribution >= 0.6 is 0 Å². The van der Waals surface area contributed by atoms with E-state index in [1.54, 1.807) is 0 Å². The fourth-order valence-corrected chi connectivity index (χ4v) is 2.07. The number of nitrogens with zero attached hydrogens (tertiary/aromatic N) is 1. The Morgan fingerprint density at radius 2 is 2.23 bits per heavy atom. The minimum absolute atomic E-state index is 0.846. The molecule has 0 spiro atoms. The summed E-state index contributed by atoms with van der Waals surface area (Å²) in [6.45, 7) is 9.48. The molecule has 13 heavy (non-hydrogen) atoms. The second kappa shape index (κ2) is 6.39. The van der Waals surface area contributed by atoms with E-state index in [-0.39, 0.29) is 0 Å². The zero-order valence-corrected chi connectivity index (χ0v) is 9.18. The highest BCUT2D eigenvalue weighted by atomic mass is 15.2. The molecular weight excluding hydrogens is 160 g/mol. The Balaban J connectivity index is 1.93. The van der Waals surface area contributed by atoms with Crippen LogP contribution in [0.4, 0.5) is 0 Å². The number of unbranched alkanes of at least 4 members (excludes halogenated alkanes) is 1. The average Bonchev–Trinajstić information content (AvgIpc) is 2.52. The maximum Gasteiger partial charge on any atom is 0.00674 e. The summed E-state index contributed by atoms with van der Waals surface area (Å²) < 4.78 is 0. The van der Waals surface area contributed by atoms with Gasteiger partial charge in [0.2, 0.25) is 0 Å². The fraction of sp³-hybridized carbons (Fsp3) is 1.00. The van der Waals surface area contributed by atoms with Gasteiger partial charge in [0.05, 0.1) is 0 Å². The lowest BCUT2D eigenvalue weighted by atomic mass is 10.2. The highest BCUT2D eigenvalue weighted by Gasteiger charge is 2.18. The predicted molar refractivity (Wildman–Crippen MR) is 58.0 cm³/mol. The van der Waals surface area contributed by atoms with E-state index in [4.69, 9.17) is 0 Å².